The third-order valence-electron chi connectivity index (χ3n) is 9.47. The molecule has 4 aromatic heterocycles. The maximum atomic E-state index is 12.1. The number of hydrogen-bond acceptors (Lipinski definition) is 6. The molecular weight excluding hydrogens is 679 g/mol. The van der Waals surface area contributed by atoms with Gasteiger partial charge < -0.3 is 5.11 Å². The average molecular weight is 724 g/mol. The Morgan fingerprint density at radius 1 is 0.633 bits per heavy atom. The molecule has 0 aliphatic heterocycles. The van der Waals surface area contributed by atoms with Crippen molar-refractivity contribution in [1.29, 1.82) is 5.26 Å². The molecule has 3 nitrogen and oxygen atoms in total. The van der Waals surface area contributed by atoms with Gasteiger partial charge in [0.15, 0.2) is 0 Å². The molecule has 4 heterocycles. The second kappa shape index (κ2) is 17.1. The molecule has 6 rings (SSSR count). The molecule has 0 radical (unpaired) electrons. The van der Waals surface area contributed by atoms with Gasteiger partial charge in [-0.2, -0.15) is 5.26 Å². The Hall–Kier alpha value is -3.28. The first-order chi connectivity index (χ1) is 24.0. The smallest absolute Gasteiger partial charge is 0.347 e. The van der Waals surface area contributed by atoms with E-state index in [2.05, 4.69) is 49.6 Å². The maximum absolute atomic E-state index is 12.1. The van der Waals surface area contributed by atoms with E-state index in [4.69, 9.17) is 0 Å². The molecule has 5 aromatic rings. The first-order valence-electron chi connectivity index (χ1n) is 18.0. The van der Waals surface area contributed by atoms with Crippen LogP contribution in [-0.4, -0.2) is 11.1 Å². The Morgan fingerprint density at radius 3 is 1.90 bits per heavy atom. The number of nitrogens with zero attached hydrogens (tertiary/aromatic N) is 1. The highest BCUT2D eigenvalue weighted by Gasteiger charge is 2.31. The van der Waals surface area contributed by atoms with E-state index in [9.17, 15) is 15.2 Å². The lowest BCUT2D eigenvalue weighted by Gasteiger charge is -2.04. The average Bonchev–Trinajstić information content (AvgIpc) is 3.94. The van der Waals surface area contributed by atoms with Crippen molar-refractivity contribution in [3.63, 3.8) is 0 Å². The van der Waals surface area contributed by atoms with Gasteiger partial charge >= 0.3 is 5.97 Å². The van der Waals surface area contributed by atoms with Crippen LogP contribution in [-0.2, 0) is 17.6 Å². The first-order valence-corrected chi connectivity index (χ1v) is 21.3. The monoisotopic (exact) mass is 723 g/mol. The third kappa shape index (κ3) is 8.05. The van der Waals surface area contributed by atoms with E-state index >= 15 is 0 Å². The third-order valence-corrected chi connectivity index (χ3v) is 14.4. The highest BCUT2D eigenvalue weighted by molar-refractivity contribution is 7.28. The van der Waals surface area contributed by atoms with Crippen molar-refractivity contribution in [2.45, 2.75) is 104 Å². The van der Waals surface area contributed by atoms with Gasteiger partial charge in [-0.1, -0.05) is 102 Å². The number of carbonyl (C=O) groups is 1. The molecule has 1 aliphatic carbocycles. The fourth-order valence-electron chi connectivity index (χ4n) is 6.88. The maximum Gasteiger partial charge on any atom is 0.347 e. The second-order valence-electron chi connectivity index (χ2n) is 13.0. The molecule has 0 fully saturated rings. The van der Waals surface area contributed by atoms with E-state index in [1.165, 1.54) is 113 Å². The van der Waals surface area contributed by atoms with Crippen molar-refractivity contribution < 1.29 is 9.90 Å². The zero-order chi connectivity index (χ0) is 34.2. The molecular formula is C42H45NO2S4. The minimum atomic E-state index is -1.18. The topological polar surface area (TPSA) is 61.1 Å². The van der Waals surface area contributed by atoms with Crippen molar-refractivity contribution in [2.75, 3.05) is 0 Å². The Kier molecular flexibility index (Phi) is 12.4. The summed E-state index contributed by atoms with van der Waals surface area (Å²) in [5, 5.41) is 22.0. The van der Waals surface area contributed by atoms with Gasteiger partial charge in [-0.15, -0.1) is 45.3 Å². The Labute approximate surface area is 307 Å². The number of unbranched alkanes of at least 4 members (excludes halogenated alkanes) is 10. The largest absolute Gasteiger partial charge is 0.477 e. The predicted octanol–water partition coefficient (Wildman–Crippen LogP) is 14.1. The number of benzene rings is 1. The number of hydrogen-bond donors (Lipinski definition) is 1. The van der Waals surface area contributed by atoms with E-state index < -0.39 is 5.97 Å². The normalized spacial score (nSPS) is 13.0. The summed E-state index contributed by atoms with van der Waals surface area (Å²) in [7, 11) is 0. The fourth-order valence-corrected chi connectivity index (χ4v) is 11.7. The van der Waals surface area contributed by atoms with Gasteiger partial charge in [-0.25, -0.2) is 4.79 Å². The molecule has 0 saturated heterocycles. The summed E-state index contributed by atoms with van der Waals surface area (Å²) in [6, 6.07) is 21.4. The van der Waals surface area contributed by atoms with Crippen LogP contribution >= 0.6 is 45.3 Å². The number of thiophene rings is 4. The molecule has 0 atom stereocenters. The van der Waals surface area contributed by atoms with E-state index in [0.29, 0.717) is 5.57 Å². The van der Waals surface area contributed by atoms with Crippen LogP contribution in [0.2, 0.25) is 0 Å². The van der Waals surface area contributed by atoms with Crippen molar-refractivity contribution in [2.24, 2.45) is 0 Å². The van der Waals surface area contributed by atoms with Gasteiger partial charge in [0.2, 0.25) is 0 Å². The number of nitriles is 1. The summed E-state index contributed by atoms with van der Waals surface area (Å²) in [4.78, 5) is 20.9. The van der Waals surface area contributed by atoms with Crippen molar-refractivity contribution in [3.8, 4) is 46.5 Å². The Balaban J connectivity index is 1.30. The van der Waals surface area contributed by atoms with Gasteiger partial charge in [0, 0.05) is 45.3 Å². The van der Waals surface area contributed by atoms with Gasteiger partial charge in [0.05, 0.1) is 0 Å². The molecule has 7 heteroatoms. The van der Waals surface area contributed by atoms with Gasteiger partial charge in [-0.3, -0.25) is 0 Å². The van der Waals surface area contributed by atoms with Crippen LogP contribution in [0.4, 0.5) is 0 Å². The summed E-state index contributed by atoms with van der Waals surface area (Å²) < 4.78 is 0. The molecule has 0 saturated carbocycles. The highest BCUT2D eigenvalue weighted by Crippen LogP contribution is 2.53. The molecule has 0 unspecified atom stereocenters. The van der Waals surface area contributed by atoms with E-state index in [1.54, 1.807) is 11.3 Å². The molecule has 1 N–H and O–H groups in total. The molecule has 1 aromatic carbocycles. The van der Waals surface area contributed by atoms with Crippen LogP contribution < -0.4 is 0 Å². The summed E-state index contributed by atoms with van der Waals surface area (Å²) >= 11 is 7.27. The minimum absolute atomic E-state index is 0.189. The lowest BCUT2D eigenvalue weighted by Crippen LogP contribution is -2.01. The molecule has 0 amide bonds. The summed E-state index contributed by atoms with van der Waals surface area (Å²) in [5.41, 5.74) is 6.13. The van der Waals surface area contributed by atoms with Crippen LogP contribution in [0.25, 0.3) is 46.0 Å². The van der Waals surface area contributed by atoms with Gasteiger partial charge in [-0.05, 0) is 83.6 Å². The summed E-state index contributed by atoms with van der Waals surface area (Å²) in [6.07, 6.45) is 17.7. The quantitative estimate of drug-likeness (QED) is 0.0545. The summed E-state index contributed by atoms with van der Waals surface area (Å²) in [5.74, 6) is -1.18. The number of aliphatic carboxylic acids is 1. The SMILES string of the molecule is CCCCCCCCc1ccsc1-c1ccc(-c2sc(-c3cc4c(s3)/C(=C(\C#N)C(=O)O)c3ccccc3-4)cc2CCCCCCCC)s1. The van der Waals surface area contributed by atoms with Gasteiger partial charge in [0.25, 0.3) is 0 Å². The number of aryl methyl sites for hydroxylation is 2. The fraction of sp³-hybridized carbons (Fsp3) is 0.381. The molecule has 49 heavy (non-hydrogen) atoms. The Bertz CT molecular complexity index is 1960. The zero-order valence-electron chi connectivity index (χ0n) is 28.6. The lowest BCUT2D eigenvalue weighted by atomic mass is 10.0. The van der Waals surface area contributed by atoms with Crippen LogP contribution in [0, 0.1) is 11.3 Å². The summed E-state index contributed by atoms with van der Waals surface area (Å²) in [6.45, 7) is 4.54. The highest BCUT2D eigenvalue weighted by atomic mass is 32.1. The van der Waals surface area contributed by atoms with Crippen molar-refractivity contribution in [3.05, 3.63) is 87.1 Å². The number of rotatable bonds is 18. The van der Waals surface area contributed by atoms with Crippen LogP contribution in [0.3, 0.4) is 0 Å². The first kappa shape index (κ1) is 35.5. The molecule has 1 aliphatic rings. The zero-order valence-corrected chi connectivity index (χ0v) is 31.9. The number of carboxylic acid groups (broad SMARTS) is 1. The second-order valence-corrected chi connectivity index (χ2v) is 17.1. The molecule has 254 valence electrons. The molecule has 0 bridgehead atoms. The minimum Gasteiger partial charge on any atom is -0.477 e. The van der Waals surface area contributed by atoms with E-state index in [-0.39, 0.29) is 5.57 Å². The van der Waals surface area contributed by atoms with Crippen LogP contribution in [0.15, 0.2) is 65.6 Å². The van der Waals surface area contributed by atoms with Crippen LogP contribution in [0.1, 0.15) is 112 Å². The van der Waals surface area contributed by atoms with E-state index in [1.807, 2.05) is 64.3 Å². The lowest BCUT2D eigenvalue weighted by molar-refractivity contribution is -0.132. The predicted molar refractivity (Wildman–Crippen MR) is 213 cm³/mol. The number of carboxylic acids is 1. The van der Waals surface area contributed by atoms with E-state index in [0.717, 1.165) is 39.3 Å². The van der Waals surface area contributed by atoms with Gasteiger partial charge in [0.1, 0.15) is 11.6 Å². The molecule has 0 spiro atoms. The van der Waals surface area contributed by atoms with Crippen molar-refractivity contribution in [1.82, 2.24) is 0 Å². The Morgan fingerprint density at radius 2 is 1.22 bits per heavy atom. The standard InChI is InChI=1S/C42H45NO2S4/c1-3-5-7-9-11-13-17-28-23-24-46-39(28)34-21-22-35(47-34)40-29(18-14-12-10-8-6-4-2)25-36(48-40)37-26-32-30-19-15-16-20-31(30)38(41(32)49-37)33(27-43)42(44)45/h15-16,19-26H,3-14,17-18H2,1-2H3,(H,44,45)/b38-33+. The number of fused-ring (bicyclic) bond motifs is 3. The van der Waals surface area contributed by atoms with Crippen LogP contribution in [0.5, 0.6) is 0 Å². The van der Waals surface area contributed by atoms with Crippen molar-refractivity contribution >= 4 is 56.9 Å².